The summed E-state index contributed by atoms with van der Waals surface area (Å²) in [5.74, 6) is 0. The van der Waals surface area contributed by atoms with Crippen LogP contribution in [0.3, 0.4) is 0 Å². The van der Waals surface area contributed by atoms with Gasteiger partial charge in [-0.1, -0.05) is 30.3 Å². The molecule has 2 aliphatic rings. The Morgan fingerprint density at radius 1 is 1.17 bits per heavy atom. The van der Waals surface area contributed by atoms with Crippen molar-refractivity contribution in [2.45, 2.75) is 50.7 Å². The van der Waals surface area contributed by atoms with Crippen molar-refractivity contribution in [1.82, 2.24) is 9.88 Å². The molecule has 0 bridgehead atoms. The van der Waals surface area contributed by atoms with Crippen molar-refractivity contribution in [3.8, 4) is 0 Å². The van der Waals surface area contributed by atoms with E-state index in [4.69, 9.17) is 4.98 Å². The highest BCUT2D eigenvalue weighted by Gasteiger charge is 2.36. The molecule has 23 heavy (non-hydrogen) atoms. The zero-order chi connectivity index (χ0) is 15.7. The topological polar surface area (TPSA) is 36.4 Å². The van der Waals surface area contributed by atoms with Gasteiger partial charge in [0, 0.05) is 24.4 Å². The zero-order valence-electron chi connectivity index (χ0n) is 13.5. The van der Waals surface area contributed by atoms with Gasteiger partial charge in [-0.2, -0.15) is 0 Å². The van der Waals surface area contributed by atoms with Crippen LogP contribution in [0.2, 0.25) is 0 Å². The monoisotopic (exact) mass is 328 g/mol. The third-order valence-corrected chi connectivity index (χ3v) is 6.18. The van der Waals surface area contributed by atoms with Crippen LogP contribution >= 0.6 is 11.3 Å². The number of aliphatic hydroxyl groups is 1. The highest BCUT2D eigenvalue weighted by atomic mass is 32.1. The fourth-order valence-electron chi connectivity index (χ4n) is 3.86. The molecule has 1 atom stereocenters. The second-order valence-corrected chi connectivity index (χ2v) is 8.20. The Labute approximate surface area is 142 Å². The Morgan fingerprint density at radius 2 is 2.00 bits per heavy atom. The molecular weight excluding hydrogens is 304 g/mol. The van der Waals surface area contributed by atoms with Crippen LogP contribution in [-0.4, -0.2) is 33.7 Å². The van der Waals surface area contributed by atoms with E-state index in [2.05, 4.69) is 17.0 Å². The van der Waals surface area contributed by atoms with E-state index >= 15 is 0 Å². The van der Waals surface area contributed by atoms with Crippen LogP contribution in [0.25, 0.3) is 0 Å². The van der Waals surface area contributed by atoms with Crippen LogP contribution in [0.15, 0.2) is 30.3 Å². The molecule has 1 N–H and O–H groups in total. The normalized spacial score (nSPS) is 24.7. The number of aryl methyl sites for hydroxylation is 2. The number of nitrogens with zero attached hydrogens (tertiary/aromatic N) is 2. The van der Waals surface area contributed by atoms with Crippen LogP contribution in [0.5, 0.6) is 0 Å². The third-order valence-electron chi connectivity index (χ3n) is 5.04. The molecule has 0 amide bonds. The smallest absolute Gasteiger partial charge is 0.107 e. The number of hydrogen-bond donors (Lipinski definition) is 1. The number of hydrogen-bond acceptors (Lipinski definition) is 4. The van der Waals surface area contributed by atoms with Gasteiger partial charge in [0.1, 0.15) is 5.01 Å². The molecule has 3 nitrogen and oxygen atoms in total. The first-order valence-electron chi connectivity index (χ1n) is 8.66. The maximum atomic E-state index is 10.9. The van der Waals surface area contributed by atoms with Gasteiger partial charge in [-0.3, -0.25) is 4.90 Å². The summed E-state index contributed by atoms with van der Waals surface area (Å²) < 4.78 is 0. The summed E-state index contributed by atoms with van der Waals surface area (Å²) >= 11 is 1.89. The van der Waals surface area contributed by atoms with E-state index in [1.165, 1.54) is 40.4 Å². The maximum absolute atomic E-state index is 10.9. The first kappa shape index (κ1) is 15.3. The Kier molecular flexibility index (Phi) is 4.22. The summed E-state index contributed by atoms with van der Waals surface area (Å²) in [5.41, 5.74) is 1.98. The minimum Gasteiger partial charge on any atom is -0.388 e. The van der Waals surface area contributed by atoms with Gasteiger partial charge >= 0.3 is 0 Å². The molecule has 1 aromatic carbocycles. The fraction of sp³-hybridized carbons (Fsp3) is 0.526. The van der Waals surface area contributed by atoms with Gasteiger partial charge in [-0.15, -0.1) is 11.3 Å². The second kappa shape index (κ2) is 6.34. The second-order valence-electron chi connectivity index (χ2n) is 7.03. The quantitative estimate of drug-likeness (QED) is 0.936. The van der Waals surface area contributed by atoms with E-state index in [0.717, 1.165) is 38.9 Å². The first-order valence-corrected chi connectivity index (χ1v) is 9.48. The van der Waals surface area contributed by atoms with Crippen molar-refractivity contribution in [3.05, 3.63) is 51.5 Å². The minimum absolute atomic E-state index is 0.585. The van der Waals surface area contributed by atoms with Crippen molar-refractivity contribution < 1.29 is 5.11 Å². The maximum Gasteiger partial charge on any atom is 0.107 e. The fourth-order valence-corrected chi connectivity index (χ4v) is 5.06. The summed E-state index contributed by atoms with van der Waals surface area (Å²) in [6.07, 6.45) is 6.58. The molecule has 4 heteroatoms. The van der Waals surface area contributed by atoms with Crippen molar-refractivity contribution in [3.63, 3.8) is 0 Å². The number of rotatable bonds is 4. The number of thiazole rings is 1. The molecule has 1 aromatic heterocycles. The van der Waals surface area contributed by atoms with Crippen molar-refractivity contribution in [2.75, 3.05) is 13.1 Å². The Balaban J connectivity index is 1.39. The van der Waals surface area contributed by atoms with Gasteiger partial charge < -0.3 is 5.11 Å². The molecule has 0 saturated carbocycles. The third kappa shape index (κ3) is 3.49. The van der Waals surface area contributed by atoms with Gasteiger partial charge in [0.05, 0.1) is 17.8 Å². The van der Waals surface area contributed by atoms with Crippen LogP contribution in [-0.2, 0) is 25.8 Å². The van der Waals surface area contributed by atoms with Crippen LogP contribution in [0, 0.1) is 0 Å². The van der Waals surface area contributed by atoms with Gasteiger partial charge in [-0.05, 0) is 37.7 Å². The van der Waals surface area contributed by atoms with Gasteiger partial charge in [0.2, 0.25) is 0 Å². The van der Waals surface area contributed by atoms with Crippen molar-refractivity contribution in [2.24, 2.45) is 0 Å². The van der Waals surface area contributed by atoms with Gasteiger partial charge in [0.25, 0.3) is 0 Å². The number of β-amino-alcohol motifs (C(OH)–C–C–N with tert-alkyl or cyclic N) is 1. The van der Waals surface area contributed by atoms with Crippen LogP contribution in [0.4, 0.5) is 0 Å². The van der Waals surface area contributed by atoms with E-state index in [1.807, 2.05) is 29.5 Å². The minimum atomic E-state index is -0.585. The molecule has 4 rings (SSSR count). The number of aromatic nitrogens is 1. The Hall–Kier alpha value is -1.23. The zero-order valence-corrected chi connectivity index (χ0v) is 14.3. The molecule has 1 aliphatic carbocycles. The molecular formula is C19H24N2OS. The molecule has 1 fully saturated rings. The first-order chi connectivity index (χ1) is 11.2. The van der Waals surface area contributed by atoms with E-state index in [-0.39, 0.29) is 0 Å². The number of benzene rings is 1. The molecule has 1 saturated heterocycles. The lowest BCUT2D eigenvalue weighted by Crippen LogP contribution is -2.35. The Bertz CT molecular complexity index is 646. The molecule has 2 aromatic rings. The lowest BCUT2D eigenvalue weighted by molar-refractivity contribution is 0.0488. The summed E-state index contributed by atoms with van der Waals surface area (Å²) in [7, 11) is 0. The van der Waals surface area contributed by atoms with E-state index in [0.29, 0.717) is 0 Å². The van der Waals surface area contributed by atoms with Crippen molar-refractivity contribution in [1.29, 1.82) is 0 Å². The van der Waals surface area contributed by atoms with Crippen molar-refractivity contribution >= 4 is 11.3 Å². The molecule has 0 radical (unpaired) electrons. The average molecular weight is 328 g/mol. The number of likely N-dealkylation sites (tertiary alicyclic amines) is 1. The summed E-state index contributed by atoms with van der Waals surface area (Å²) in [4.78, 5) is 8.71. The largest absolute Gasteiger partial charge is 0.388 e. The predicted molar refractivity (Wildman–Crippen MR) is 93.7 cm³/mol. The van der Waals surface area contributed by atoms with E-state index in [1.54, 1.807) is 0 Å². The highest BCUT2D eigenvalue weighted by Crippen LogP contribution is 2.30. The van der Waals surface area contributed by atoms with Crippen LogP contribution < -0.4 is 0 Å². The average Bonchev–Trinajstić information content (AvgIpc) is 3.11. The van der Waals surface area contributed by atoms with Crippen LogP contribution in [0.1, 0.15) is 40.4 Å². The van der Waals surface area contributed by atoms with Gasteiger partial charge in [-0.25, -0.2) is 4.98 Å². The number of fused-ring (bicyclic) bond motifs is 1. The van der Waals surface area contributed by atoms with E-state index in [9.17, 15) is 5.11 Å². The highest BCUT2D eigenvalue weighted by molar-refractivity contribution is 7.11. The molecule has 0 spiro atoms. The Morgan fingerprint density at radius 3 is 2.83 bits per heavy atom. The standard InChI is InChI=1S/C19H24N2OS/c22-19(12-15-6-2-1-3-7-15)10-11-21(14-19)13-18-20-16-8-4-5-9-17(16)23-18/h1-3,6-7,22H,4-5,8-14H2. The lowest BCUT2D eigenvalue weighted by Gasteiger charge is -2.23. The van der Waals surface area contributed by atoms with Gasteiger partial charge in [0.15, 0.2) is 0 Å². The summed E-state index contributed by atoms with van der Waals surface area (Å²) in [6, 6.07) is 10.3. The molecule has 2 heterocycles. The molecule has 1 aliphatic heterocycles. The molecule has 1 unspecified atom stereocenters. The lowest BCUT2D eigenvalue weighted by atomic mass is 9.94. The predicted octanol–water partition coefficient (Wildman–Crippen LogP) is 3.20. The molecule has 122 valence electrons. The summed E-state index contributed by atoms with van der Waals surface area (Å²) in [5, 5.41) is 12.1. The SMILES string of the molecule is OC1(Cc2ccccc2)CCN(Cc2nc3c(s2)CCCC3)C1. The summed E-state index contributed by atoms with van der Waals surface area (Å²) in [6.45, 7) is 2.62. The van der Waals surface area contributed by atoms with E-state index < -0.39 is 5.60 Å².